The minimum Gasteiger partial charge on any atom is -0.467 e. The van der Waals surface area contributed by atoms with E-state index in [2.05, 4.69) is 20.1 Å². The second kappa shape index (κ2) is 3.38. The van der Waals surface area contributed by atoms with Crippen LogP contribution in [-0.2, 0) is 9.47 Å². The Labute approximate surface area is 92.0 Å². The molecule has 0 aromatic rings. The summed E-state index contributed by atoms with van der Waals surface area (Å²) in [5, 5.41) is 0. The summed E-state index contributed by atoms with van der Waals surface area (Å²) < 4.78 is 11.8. The lowest BCUT2D eigenvalue weighted by Gasteiger charge is -2.39. The van der Waals surface area contributed by atoms with Crippen LogP contribution in [0.4, 0.5) is 0 Å². The molecule has 0 N–H and O–H groups in total. The van der Waals surface area contributed by atoms with E-state index in [1.807, 2.05) is 6.92 Å². The third-order valence-corrected chi connectivity index (χ3v) is 3.86. The Balaban J connectivity index is 2.35. The van der Waals surface area contributed by atoms with E-state index in [4.69, 9.17) is 9.47 Å². The molecule has 1 unspecified atom stereocenters. The lowest BCUT2D eigenvalue weighted by atomic mass is 9.75. The van der Waals surface area contributed by atoms with Gasteiger partial charge in [-0.25, -0.2) is 0 Å². The van der Waals surface area contributed by atoms with Crippen LogP contribution >= 0.6 is 0 Å². The smallest absolute Gasteiger partial charge is 0.219 e. The first-order valence-electron chi connectivity index (χ1n) is 5.67. The van der Waals surface area contributed by atoms with Gasteiger partial charge in [-0.3, -0.25) is 0 Å². The molecule has 1 aliphatic heterocycles. The van der Waals surface area contributed by atoms with Crippen LogP contribution in [-0.4, -0.2) is 12.4 Å². The standard InChI is InChI=1S/C13H20O2/c1-10(2)12-6-5-7-13(12,14-9-8-12)15-11(3)4/h1,3,5-9H2,2,4H3/t12?,13-/m0/s1. The van der Waals surface area contributed by atoms with Crippen LogP contribution in [0.5, 0.6) is 0 Å². The number of fused-ring (bicyclic) bond motifs is 1. The third kappa shape index (κ3) is 1.35. The minimum absolute atomic E-state index is 0.0337. The highest BCUT2D eigenvalue weighted by molar-refractivity contribution is 5.20. The van der Waals surface area contributed by atoms with E-state index in [-0.39, 0.29) is 5.41 Å². The molecule has 2 aliphatic rings. The van der Waals surface area contributed by atoms with Crippen molar-refractivity contribution >= 4 is 0 Å². The average Bonchev–Trinajstić information content (AvgIpc) is 2.57. The first kappa shape index (κ1) is 10.7. The van der Waals surface area contributed by atoms with Crippen molar-refractivity contribution in [2.45, 2.75) is 45.3 Å². The van der Waals surface area contributed by atoms with Crippen LogP contribution in [0.3, 0.4) is 0 Å². The molecule has 0 aromatic carbocycles. The van der Waals surface area contributed by atoms with E-state index < -0.39 is 5.79 Å². The number of rotatable bonds is 3. The van der Waals surface area contributed by atoms with Gasteiger partial charge in [-0.15, -0.1) is 0 Å². The quantitative estimate of drug-likeness (QED) is 0.523. The van der Waals surface area contributed by atoms with Crippen molar-refractivity contribution in [2.24, 2.45) is 5.41 Å². The predicted molar refractivity (Wildman–Crippen MR) is 60.3 cm³/mol. The van der Waals surface area contributed by atoms with Gasteiger partial charge in [0.1, 0.15) is 0 Å². The van der Waals surface area contributed by atoms with E-state index in [9.17, 15) is 0 Å². The molecule has 2 nitrogen and oxygen atoms in total. The molecule has 1 heterocycles. The molecule has 0 radical (unpaired) electrons. The third-order valence-electron chi connectivity index (χ3n) is 3.86. The molecule has 1 aliphatic carbocycles. The van der Waals surface area contributed by atoms with Gasteiger partial charge in [0.05, 0.1) is 17.8 Å². The Morgan fingerprint density at radius 1 is 1.20 bits per heavy atom. The van der Waals surface area contributed by atoms with Crippen LogP contribution in [0.15, 0.2) is 24.5 Å². The van der Waals surface area contributed by atoms with E-state index in [0.29, 0.717) is 0 Å². The molecule has 2 heteroatoms. The molecule has 15 heavy (non-hydrogen) atoms. The second-order valence-corrected chi connectivity index (χ2v) is 4.87. The van der Waals surface area contributed by atoms with Crippen LogP contribution in [0.2, 0.25) is 0 Å². The average molecular weight is 208 g/mol. The Bertz CT molecular complexity index is 294. The summed E-state index contributed by atoms with van der Waals surface area (Å²) in [5.41, 5.74) is 1.23. The summed E-state index contributed by atoms with van der Waals surface area (Å²) in [6.07, 6.45) is 4.29. The lowest BCUT2D eigenvalue weighted by Crippen LogP contribution is -2.43. The molecule has 0 aromatic heterocycles. The van der Waals surface area contributed by atoms with Crippen LogP contribution in [0, 0.1) is 5.41 Å². The number of hydrogen-bond donors (Lipinski definition) is 0. The normalized spacial score (nSPS) is 38.8. The molecular weight excluding hydrogens is 188 g/mol. The highest BCUT2D eigenvalue weighted by Gasteiger charge is 2.62. The molecular formula is C13H20O2. The summed E-state index contributed by atoms with van der Waals surface area (Å²) in [6, 6.07) is 0. The van der Waals surface area contributed by atoms with Crippen molar-refractivity contribution in [1.82, 2.24) is 0 Å². The van der Waals surface area contributed by atoms with Crippen molar-refractivity contribution in [3.05, 3.63) is 24.5 Å². The maximum Gasteiger partial charge on any atom is 0.219 e. The van der Waals surface area contributed by atoms with Gasteiger partial charge in [-0.1, -0.05) is 18.7 Å². The van der Waals surface area contributed by atoms with Crippen molar-refractivity contribution in [3.63, 3.8) is 0 Å². The maximum absolute atomic E-state index is 5.91. The van der Waals surface area contributed by atoms with Crippen LogP contribution in [0.25, 0.3) is 0 Å². The molecule has 2 atom stereocenters. The molecule has 84 valence electrons. The summed E-state index contributed by atoms with van der Waals surface area (Å²) in [7, 11) is 0. The summed E-state index contributed by atoms with van der Waals surface area (Å²) in [4.78, 5) is 0. The highest BCUT2D eigenvalue weighted by Crippen LogP contribution is 2.59. The topological polar surface area (TPSA) is 18.5 Å². The monoisotopic (exact) mass is 208 g/mol. The Hall–Kier alpha value is -0.760. The van der Waals surface area contributed by atoms with Crippen molar-refractivity contribution in [3.8, 4) is 0 Å². The number of hydrogen-bond acceptors (Lipinski definition) is 2. The van der Waals surface area contributed by atoms with E-state index in [1.54, 1.807) is 0 Å². The molecule has 0 bridgehead atoms. The van der Waals surface area contributed by atoms with Gasteiger partial charge >= 0.3 is 0 Å². The summed E-state index contributed by atoms with van der Waals surface area (Å²) >= 11 is 0. The number of ether oxygens (including phenoxy) is 2. The SMILES string of the molecule is C=C(C)O[C@@]12CCCC1(C(=C)C)CCO2. The van der Waals surface area contributed by atoms with E-state index in [1.165, 1.54) is 5.57 Å². The zero-order valence-corrected chi connectivity index (χ0v) is 9.77. The van der Waals surface area contributed by atoms with Gasteiger partial charge in [-0.05, 0) is 33.1 Å². The van der Waals surface area contributed by atoms with Gasteiger partial charge in [0.2, 0.25) is 5.79 Å². The van der Waals surface area contributed by atoms with Crippen LogP contribution < -0.4 is 0 Å². The molecule has 0 spiro atoms. The fourth-order valence-corrected chi connectivity index (χ4v) is 3.18. The molecule has 1 saturated carbocycles. The fourth-order valence-electron chi connectivity index (χ4n) is 3.18. The molecule has 1 saturated heterocycles. The molecule has 0 amide bonds. The lowest BCUT2D eigenvalue weighted by molar-refractivity contribution is -0.215. The van der Waals surface area contributed by atoms with Crippen molar-refractivity contribution < 1.29 is 9.47 Å². The Morgan fingerprint density at radius 2 is 1.93 bits per heavy atom. The zero-order chi connectivity index (χ0) is 11.1. The minimum atomic E-state index is -0.454. The molecule has 2 fully saturated rings. The molecule has 2 rings (SSSR count). The van der Waals surface area contributed by atoms with Gasteiger partial charge in [0.15, 0.2) is 0 Å². The first-order valence-corrected chi connectivity index (χ1v) is 5.67. The van der Waals surface area contributed by atoms with E-state index in [0.717, 1.165) is 38.0 Å². The van der Waals surface area contributed by atoms with Crippen molar-refractivity contribution in [2.75, 3.05) is 6.61 Å². The largest absolute Gasteiger partial charge is 0.467 e. The fraction of sp³-hybridized carbons (Fsp3) is 0.692. The Morgan fingerprint density at radius 3 is 2.53 bits per heavy atom. The van der Waals surface area contributed by atoms with E-state index >= 15 is 0 Å². The summed E-state index contributed by atoms with van der Waals surface area (Å²) in [5.74, 6) is 0.287. The number of allylic oxidation sites excluding steroid dienone is 1. The van der Waals surface area contributed by atoms with Crippen molar-refractivity contribution in [1.29, 1.82) is 0 Å². The van der Waals surface area contributed by atoms with Crippen LogP contribution in [0.1, 0.15) is 39.5 Å². The highest BCUT2D eigenvalue weighted by atomic mass is 16.7. The maximum atomic E-state index is 5.91. The summed E-state index contributed by atoms with van der Waals surface area (Å²) in [6.45, 7) is 12.7. The van der Waals surface area contributed by atoms with Gasteiger partial charge < -0.3 is 9.47 Å². The van der Waals surface area contributed by atoms with Gasteiger partial charge in [0.25, 0.3) is 0 Å². The predicted octanol–water partition coefficient (Wildman–Crippen LogP) is 3.40. The van der Waals surface area contributed by atoms with Gasteiger partial charge in [0, 0.05) is 6.42 Å². The second-order valence-electron chi connectivity index (χ2n) is 4.87. The zero-order valence-electron chi connectivity index (χ0n) is 9.77. The van der Waals surface area contributed by atoms with Gasteiger partial charge in [-0.2, -0.15) is 0 Å². The first-order chi connectivity index (χ1) is 7.02. The Kier molecular flexibility index (Phi) is 2.42.